The van der Waals surface area contributed by atoms with Crippen molar-refractivity contribution in [1.82, 2.24) is 4.98 Å². The van der Waals surface area contributed by atoms with Crippen molar-refractivity contribution in [1.29, 1.82) is 0 Å². The number of anilines is 1. The van der Waals surface area contributed by atoms with E-state index < -0.39 is 0 Å². The lowest BCUT2D eigenvalue weighted by Gasteiger charge is -2.10. The highest BCUT2D eigenvalue weighted by atomic mass is 35.5. The van der Waals surface area contributed by atoms with Gasteiger partial charge in [-0.3, -0.25) is 0 Å². The van der Waals surface area contributed by atoms with Crippen molar-refractivity contribution in [2.24, 2.45) is 0 Å². The Kier molecular flexibility index (Phi) is 4.69. The minimum Gasteiger partial charge on any atom is -0.399 e. The van der Waals surface area contributed by atoms with Crippen LogP contribution in [0.5, 0.6) is 0 Å². The Morgan fingerprint density at radius 2 is 1.09 bits per heavy atom. The molecule has 0 aliphatic heterocycles. The van der Waals surface area contributed by atoms with Crippen LogP contribution in [0.15, 0.2) is 48.5 Å². The molecule has 2 aromatic carbocycles. The third kappa shape index (κ3) is 3.56. The minimum absolute atomic E-state index is 0.538. The minimum atomic E-state index is 0.538. The fourth-order valence-corrected chi connectivity index (χ4v) is 2.99. The maximum absolute atomic E-state index is 6.25. The fourth-order valence-electron chi connectivity index (χ4n) is 2.22. The van der Waals surface area contributed by atoms with Crippen LogP contribution >= 0.6 is 46.4 Å². The number of hydrogen-bond donors (Lipinski definition) is 1. The van der Waals surface area contributed by atoms with Crippen LogP contribution in [0.1, 0.15) is 0 Å². The van der Waals surface area contributed by atoms with E-state index in [1.54, 1.807) is 48.5 Å². The Hall–Kier alpha value is -1.45. The Balaban J connectivity index is 2.20. The highest BCUT2D eigenvalue weighted by Crippen LogP contribution is 2.35. The topological polar surface area (TPSA) is 38.9 Å². The van der Waals surface area contributed by atoms with Crippen LogP contribution in [-0.2, 0) is 0 Å². The smallest absolute Gasteiger partial charge is 0.0745 e. The normalized spacial score (nSPS) is 10.8. The molecule has 1 aromatic heterocycles. The average Bonchev–Trinajstić information content (AvgIpc) is 2.51. The molecule has 116 valence electrons. The highest BCUT2D eigenvalue weighted by Gasteiger charge is 2.12. The lowest BCUT2D eigenvalue weighted by Crippen LogP contribution is -1.94. The van der Waals surface area contributed by atoms with E-state index in [9.17, 15) is 0 Å². The van der Waals surface area contributed by atoms with E-state index in [0.717, 1.165) is 0 Å². The molecule has 3 rings (SSSR count). The summed E-state index contributed by atoms with van der Waals surface area (Å²) in [5, 5.41) is 2.21. The van der Waals surface area contributed by atoms with E-state index in [-0.39, 0.29) is 0 Å². The zero-order chi connectivity index (χ0) is 16.6. The van der Waals surface area contributed by atoms with Gasteiger partial charge in [-0.1, -0.05) is 46.4 Å². The SMILES string of the molecule is Nc1cc(-c2cc(Cl)ccc2Cl)nc(-c2cc(Cl)ccc2Cl)c1. The monoisotopic (exact) mass is 382 g/mol. The molecule has 0 unspecified atom stereocenters. The molecular formula is C17H10Cl4N2. The van der Waals surface area contributed by atoms with E-state index >= 15 is 0 Å². The predicted molar refractivity (Wildman–Crippen MR) is 99.6 cm³/mol. The standard InChI is InChI=1S/C17H10Cl4N2/c18-9-1-3-14(20)12(5-9)16-7-11(22)8-17(23-16)13-6-10(19)2-4-15(13)21/h1-8H,(H2,22,23). The molecule has 0 bridgehead atoms. The van der Waals surface area contributed by atoms with Gasteiger partial charge in [0.05, 0.1) is 21.4 Å². The molecule has 0 spiro atoms. The maximum atomic E-state index is 6.25. The van der Waals surface area contributed by atoms with Crippen LogP contribution in [-0.4, -0.2) is 4.98 Å². The first-order chi connectivity index (χ1) is 10.9. The lowest BCUT2D eigenvalue weighted by molar-refractivity contribution is 1.32. The number of hydrogen-bond acceptors (Lipinski definition) is 2. The fraction of sp³-hybridized carbons (Fsp3) is 0. The summed E-state index contributed by atoms with van der Waals surface area (Å²) in [5.41, 5.74) is 9.19. The first-order valence-corrected chi connectivity index (χ1v) is 8.13. The number of nitrogen functional groups attached to an aromatic ring is 1. The van der Waals surface area contributed by atoms with E-state index in [2.05, 4.69) is 4.98 Å². The van der Waals surface area contributed by atoms with Crippen molar-refractivity contribution >= 4 is 52.1 Å². The molecule has 0 saturated heterocycles. The van der Waals surface area contributed by atoms with Crippen LogP contribution in [0.25, 0.3) is 22.5 Å². The van der Waals surface area contributed by atoms with Crippen LogP contribution in [0, 0.1) is 0 Å². The van der Waals surface area contributed by atoms with Gasteiger partial charge in [0.1, 0.15) is 0 Å². The van der Waals surface area contributed by atoms with Gasteiger partial charge < -0.3 is 5.73 Å². The van der Waals surface area contributed by atoms with Gasteiger partial charge >= 0.3 is 0 Å². The summed E-state index contributed by atoms with van der Waals surface area (Å²) < 4.78 is 0. The van der Waals surface area contributed by atoms with E-state index in [4.69, 9.17) is 52.1 Å². The largest absolute Gasteiger partial charge is 0.399 e. The number of halogens is 4. The lowest BCUT2D eigenvalue weighted by atomic mass is 10.1. The second-order valence-corrected chi connectivity index (χ2v) is 6.61. The second-order valence-electron chi connectivity index (χ2n) is 4.92. The van der Waals surface area contributed by atoms with Crippen LogP contribution in [0.3, 0.4) is 0 Å². The molecule has 6 heteroatoms. The number of benzene rings is 2. The Morgan fingerprint density at radius 3 is 1.52 bits per heavy atom. The third-order valence-electron chi connectivity index (χ3n) is 3.26. The van der Waals surface area contributed by atoms with Gasteiger partial charge in [-0.15, -0.1) is 0 Å². The average molecular weight is 384 g/mol. The number of rotatable bonds is 2. The number of nitrogens with two attached hydrogens (primary N) is 1. The molecule has 0 atom stereocenters. The molecule has 0 fully saturated rings. The summed E-state index contributed by atoms with van der Waals surface area (Å²) in [6, 6.07) is 13.8. The van der Waals surface area contributed by atoms with E-state index in [1.165, 1.54) is 0 Å². The highest BCUT2D eigenvalue weighted by molar-refractivity contribution is 6.36. The van der Waals surface area contributed by atoms with Crippen molar-refractivity contribution in [3.63, 3.8) is 0 Å². The Labute approximate surface area is 153 Å². The van der Waals surface area contributed by atoms with E-state index in [1.807, 2.05) is 0 Å². The van der Waals surface area contributed by atoms with Crippen molar-refractivity contribution in [3.05, 3.63) is 68.6 Å². The predicted octanol–water partition coefficient (Wildman–Crippen LogP) is 6.61. The van der Waals surface area contributed by atoms with Crippen molar-refractivity contribution in [2.75, 3.05) is 5.73 Å². The zero-order valence-electron chi connectivity index (χ0n) is 11.7. The first kappa shape index (κ1) is 16.4. The summed E-state index contributed by atoms with van der Waals surface area (Å²) in [7, 11) is 0. The van der Waals surface area contributed by atoms with Crippen LogP contribution in [0.4, 0.5) is 5.69 Å². The van der Waals surface area contributed by atoms with Crippen LogP contribution in [0.2, 0.25) is 20.1 Å². The summed E-state index contributed by atoms with van der Waals surface area (Å²) in [6.45, 7) is 0. The summed E-state index contributed by atoms with van der Waals surface area (Å²) in [5.74, 6) is 0. The number of nitrogens with zero attached hydrogens (tertiary/aromatic N) is 1. The van der Waals surface area contributed by atoms with Gasteiger partial charge in [0.2, 0.25) is 0 Å². The van der Waals surface area contributed by atoms with Gasteiger partial charge in [0.15, 0.2) is 0 Å². The number of pyridine rings is 1. The van der Waals surface area contributed by atoms with Gasteiger partial charge in [-0.2, -0.15) is 0 Å². The molecule has 0 aliphatic rings. The third-order valence-corrected chi connectivity index (χ3v) is 4.39. The molecule has 0 radical (unpaired) electrons. The van der Waals surface area contributed by atoms with E-state index in [0.29, 0.717) is 48.3 Å². The quantitative estimate of drug-likeness (QED) is 0.540. The molecular weight excluding hydrogens is 374 g/mol. The van der Waals surface area contributed by atoms with Crippen molar-refractivity contribution in [2.45, 2.75) is 0 Å². The first-order valence-electron chi connectivity index (χ1n) is 6.62. The van der Waals surface area contributed by atoms with Crippen molar-refractivity contribution in [3.8, 4) is 22.5 Å². The maximum Gasteiger partial charge on any atom is 0.0745 e. The van der Waals surface area contributed by atoms with Gasteiger partial charge in [-0.25, -0.2) is 4.98 Å². The molecule has 3 aromatic rings. The Bertz CT molecular complexity index is 824. The molecule has 0 saturated carbocycles. The number of aromatic nitrogens is 1. The van der Waals surface area contributed by atoms with Crippen LogP contribution < -0.4 is 5.73 Å². The Morgan fingerprint density at radius 1 is 0.652 bits per heavy atom. The van der Waals surface area contributed by atoms with Gasteiger partial charge in [0, 0.05) is 26.9 Å². The van der Waals surface area contributed by atoms with Gasteiger partial charge in [-0.05, 0) is 48.5 Å². The molecule has 2 N–H and O–H groups in total. The van der Waals surface area contributed by atoms with Crippen molar-refractivity contribution < 1.29 is 0 Å². The summed E-state index contributed by atoms with van der Waals surface area (Å²) >= 11 is 24.6. The molecule has 2 nitrogen and oxygen atoms in total. The zero-order valence-corrected chi connectivity index (χ0v) is 14.7. The molecule has 1 heterocycles. The summed E-state index contributed by atoms with van der Waals surface area (Å²) in [4.78, 5) is 4.61. The summed E-state index contributed by atoms with van der Waals surface area (Å²) in [6.07, 6.45) is 0. The molecule has 23 heavy (non-hydrogen) atoms. The molecule has 0 amide bonds. The van der Waals surface area contributed by atoms with Gasteiger partial charge in [0.25, 0.3) is 0 Å². The molecule has 0 aliphatic carbocycles. The second kappa shape index (κ2) is 6.58.